The summed E-state index contributed by atoms with van der Waals surface area (Å²) in [7, 11) is 6.26. The van der Waals surface area contributed by atoms with Crippen molar-refractivity contribution >= 4 is 29.7 Å². The van der Waals surface area contributed by atoms with Gasteiger partial charge in [-0.25, -0.2) is 4.79 Å². The molecule has 2 aromatic rings. The number of Topliss-reactive ketones (excluding diaryl/α,β-unsaturated/α-hetero) is 1. The zero-order valence-corrected chi connectivity index (χ0v) is 35.8. The van der Waals surface area contributed by atoms with Gasteiger partial charge in [-0.3, -0.25) is 24.1 Å². The fraction of sp³-hybridized carbons (Fsp3) is 0.622. The fourth-order valence-electron chi connectivity index (χ4n) is 8.72. The number of rotatable bonds is 19. The van der Waals surface area contributed by atoms with Crippen LogP contribution in [0.3, 0.4) is 0 Å². The summed E-state index contributed by atoms with van der Waals surface area (Å²) >= 11 is 0. The van der Waals surface area contributed by atoms with Gasteiger partial charge in [-0.1, -0.05) is 82.6 Å². The third-order valence-corrected chi connectivity index (χ3v) is 12.9. The van der Waals surface area contributed by atoms with E-state index in [9.17, 15) is 29.1 Å². The van der Waals surface area contributed by atoms with Crippen LogP contribution in [0.2, 0.25) is 0 Å². The number of ketones is 1. The first-order chi connectivity index (χ1) is 26.9. The third kappa shape index (κ3) is 9.71. The number of nitrogens with zero attached hydrogens (tertiary/aromatic N) is 3. The molecule has 2 aromatic carbocycles. The number of likely N-dealkylation sites (N-methyl/N-ethyl adjacent to an activating group) is 2. The first-order valence-corrected chi connectivity index (χ1v) is 20.4. The SMILES string of the molecule is CC[C@H](C)[C@@H]([C@@H](CC(=O)N1CCC[C@H]1[C@H](OC)[C@@H](C)C(=O)O)OC)N(C)C(=O)[C@@H](CC(=O)C(C)(C)N(C)C(=O)OCC1c2ccccc2-c2ccccc21)C(C)C. The van der Waals surface area contributed by atoms with E-state index in [0.717, 1.165) is 28.7 Å². The first-order valence-electron chi connectivity index (χ1n) is 20.4. The molecular weight excluding hydrogens is 727 g/mol. The van der Waals surface area contributed by atoms with Crippen molar-refractivity contribution in [2.24, 2.45) is 23.7 Å². The van der Waals surface area contributed by atoms with Crippen LogP contribution in [0, 0.1) is 23.7 Å². The van der Waals surface area contributed by atoms with Crippen LogP contribution in [0.4, 0.5) is 4.79 Å². The van der Waals surface area contributed by atoms with E-state index in [4.69, 9.17) is 14.2 Å². The highest BCUT2D eigenvalue weighted by molar-refractivity contribution is 5.94. The normalized spacial score (nSPS) is 18.5. The summed E-state index contributed by atoms with van der Waals surface area (Å²) in [6, 6.07) is 15.3. The Hall–Kier alpha value is -4.29. The number of fused-ring (bicyclic) bond motifs is 3. The quantitative estimate of drug-likeness (QED) is 0.161. The Labute approximate surface area is 339 Å². The molecule has 1 N–H and O–H groups in total. The van der Waals surface area contributed by atoms with Gasteiger partial charge < -0.3 is 29.1 Å². The van der Waals surface area contributed by atoms with E-state index in [2.05, 4.69) is 24.3 Å². The minimum atomic E-state index is -1.28. The van der Waals surface area contributed by atoms with Crippen LogP contribution >= 0.6 is 0 Å². The van der Waals surface area contributed by atoms with Crippen LogP contribution in [0.1, 0.15) is 97.6 Å². The summed E-state index contributed by atoms with van der Waals surface area (Å²) in [5.74, 6) is -3.62. The van der Waals surface area contributed by atoms with Gasteiger partial charge in [0.05, 0.1) is 42.2 Å². The molecule has 1 saturated heterocycles. The minimum absolute atomic E-state index is 0.0131. The molecule has 1 aliphatic carbocycles. The fourth-order valence-corrected chi connectivity index (χ4v) is 8.72. The summed E-state index contributed by atoms with van der Waals surface area (Å²) in [6.07, 6.45) is -0.0169. The number of carboxylic acids is 1. The number of likely N-dealkylation sites (tertiary alicyclic amines) is 1. The number of hydrogen-bond donors (Lipinski definition) is 1. The maximum absolute atomic E-state index is 14.5. The molecule has 12 nitrogen and oxygen atoms in total. The predicted octanol–water partition coefficient (Wildman–Crippen LogP) is 6.88. The lowest BCUT2D eigenvalue weighted by atomic mass is 9.82. The molecule has 0 radical (unpaired) electrons. The van der Waals surface area contributed by atoms with Gasteiger partial charge in [-0.05, 0) is 67.7 Å². The molecule has 2 aliphatic rings. The molecule has 4 rings (SSSR count). The molecule has 1 heterocycles. The van der Waals surface area contributed by atoms with Crippen molar-refractivity contribution in [3.05, 3.63) is 59.7 Å². The lowest BCUT2D eigenvalue weighted by molar-refractivity contribution is -0.152. The second kappa shape index (κ2) is 19.4. The first kappa shape index (κ1) is 45.4. The van der Waals surface area contributed by atoms with Crippen molar-refractivity contribution in [2.75, 3.05) is 41.5 Å². The van der Waals surface area contributed by atoms with Gasteiger partial charge in [-0.15, -0.1) is 0 Å². The van der Waals surface area contributed by atoms with Crippen LogP contribution in [0.25, 0.3) is 11.1 Å². The number of carboxylic acid groups (broad SMARTS) is 1. The molecule has 7 atom stereocenters. The van der Waals surface area contributed by atoms with Crippen molar-refractivity contribution in [3.8, 4) is 11.1 Å². The van der Waals surface area contributed by atoms with E-state index in [-0.39, 0.29) is 54.8 Å². The summed E-state index contributed by atoms with van der Waals surface area (Å²) in [4.78, 5) is 72.6. The van der Waals surface area contributed by atoms with Crippen molar-refractivity contribution in [1.82, 2.24) is 14.7 Å². The largest absolute Gasteiger partial charge is 0.481 e. The summed E-state index contributed by atoms with van der Waals surface area (Å²) in [6.45, 7) is 13.4. The summed E-state index contributed by atoms with van der Waals surface area (Å²) in [5, 5.41) is 9.69. The topological polar surface area (TPSA) is 143 Å². The molecule has 314 valence electrons. The maximum Gasteiger partial charge on any atom is 0.410 e. The number of carbonyl (C=O) groups excluding carboxylic acids is 4. The monoisotopic (exact) mass is 791 g/mol. The Morgan fingerprint density at radius 3 is 1.98 bits per heavy atom. The third-order valence-electron chi connectivity index (χ3n) is 12.9. The van der Waals surface area contributed by atoms with E-state index in [1.165, 1.54) is 19.1 Å². The van der Waals surface area contributed by atoms with Crippen molar-refractivity contribution in [1.29, 1.82) is 0 Å². The Morgan fingerprint density at radius 2 is 1.47 bits per heavy atom. The van der Waals surface area contributed by atoms with E-state index >= 15 is 0 Å². The molecule has 0 bridgehead atoms. The van der Waals surface area contributed by atoms with Crippen molar-refractivity contribution in [3.63, 3.8) is 0 Å². The highest BCUT2D eigenvalue weighted by atomic mass is 16.6. The van der Waals surface area contributed by atoms with Gasteiger partial charge in [0.1, 0.15) is 6.61 Å². The van der Waals surface area contributed by atoms with Crippen LogP contribution in [0.5, 0.6) is 0 Å². The van der Waals surface area contributed by atoms with Crippen LogP contribution in [0.15, 0.2) is 48.5 Å². The Bertz CT molecular complexity index is 1700. The Kier molecular flexibility index (Phi) is 15.5. The van der Waals surface area contributed by atoms with Gasteiger partial charge in [-0.2, -0.15) is 0 Å². The average Bonchev–Trinajstić information content (AvgIpc) is 3.81. The second-order valence-corrected chi connectivity index (χ2v) is 16.8. The zero-order valence-electron chi connectivity index (χ0n) is 35.8. The van der Waals surface area contributed by atoms with Gasteiger partial charge >= 0.3 is 12.1 Å². The molecule has 57 heavy (non-hydrogen) atoms. The average molecular weight is 792 g/mol. The van der Waals surface area contributed by atoms with E-state index in [1.807, 2.05) is 52.0 Å². The maximum atomic E-state index is 14.5. The molecule has 1 aliphatic heterocycles. The Morgan fingerprint density at radius 1 is 0.895 bits per heavy atom. The van der Waals surface area contributed by atoms with Gasteiger partial charge in [0, 0.05) is 53.1 Å². The summed E-state index contributed by atoms with van der Waals surface area (Å²) in [5.41, 5.74) is 3.14. The van der Waals surface area contributed by atoms with E-state index in [0.29, 0.717) is 19.4 Å². The van der Waals surface area contributed by atoms with Crippen LogP contribution < -0.4 is 0 Å². The lowest BCUT2D eigenvalue weighted by Gasteiger charge is -2.41. The molecule has 0 spiro atoms. The number of ether oxygens (including phenoxy) is 3. The van der Waals surface area contributed by atoms with Gasteiger partial charge in [0.15, 0.2) is 5.78 Å². The standard InChI is InChI=1S/C45H65N3O9/c1-12-28(4)40(37(55-10)25-39(50)48-23-17-22-36(48)41(56-11)29(5)43(52)53)46(8)42(51)34(27(2)3)24-38(49)45(6,7)47(9)44(54)57-26-35-32-20-15-13-18-30(32)31-19-14-16-21-33(31)35/h13-16,18-21,27-29,34-37,40-41H,12,17,22-26H2,1-11H3,(H,52,53)/t28-,29+,34-,36-,37+,40-,41+/m0/s1. The van der Waals surface area contributed by atoms with E-state index < -0.39 is 53.7 Å². The number of methoxy groups -OCH3 is 2. The van der Waals surface area contributed by atoms with Gasteiger partial charge in [0.25, 0.3) is 0 Å². The van der Waals surface area contributed by atoms with Crippen molar-refractivity contribution < 1.29 is 43.3 Å². The van der Waals surface area contributed by atoms with Crippen molar-refractivity contribution in [2.45, 2.75) is 116 Å². The molecule has 0 unspecified atom stereocenters. The smallest absolute Gasteiger partial charge is 0.410 e. The number of hydrogen-bond acceptors (Lipinski definition) is 8. The summed E-state index contributed by atoms with van der Waals surface area (Å²) < 4.78 is 17.5. The molecule has 0 saturated carbocycles. The Balaban J connectivity index is 1.46. The van der Waals surface area contributed by atoms with Gasteiger partial charge in [0.2, 0.25) is 11.8 Å². The molecule has 1 fully saturated rings. The lowest BCUT2D eigenvalue weighted by Crippen LogP contribution is -2.55. The van der Waals surface area contributed by atoms with Crippen LogP contribution in [-0.4, -0.2) is 121 Å². The van der Waals surface area contributed by atoms with Crippen LogP contribution in [-0.2, 0) is 33.4 Å². The van der Waals surface area contributed by atoms with E-state index in [1.54, 1.807) is 44.7 Å². The highest BCUT2D eigenvalue weighted by Gasteiger charge is 2.44. The number of benzene rings is 2. The molecule has 3 amide bonds. The number of aliphatic carboxylic acids is 1. The molecular formula is C45H65N3O9. The zero-order chi connectivity index (χ0) is 42.4. The number of amides is 3. The minimum Gasteiger partial charge on any atom is -0.481 e. The second-order valence-electron chi connectivity index (χ2n) is 16.8. The number of carbonyl (C=O) groups is 5. The predicted molar refractivity (Wildman–Crippen MR) is 219 cm³/mol. The molecule has 0 aromatic heterocycles. The molecule has 12 heteroatoms. The highest BCUT2D eigenvalue weighted by Crippen LogP contribution is 2.44.